The van der Waals surface area contributed by atoms with Crippen LogP contribution in [0.3, 0.4) is 0 Å². The molecule has 0 aromatic heterocycles. The molecule has 0 aliphatic carbocycles. The van der Waals surface area contributed by atoms with Gasteiger partial charge in [0.05, 0.1) is 32.3 Å². The zero-order chi connectivity index (χ0) is 31.4. The van der Waals surface area contributed by atoms with Crippen LogP contribution in [-0.4, -0.2) is 39.4 Å². The zero-order valence-electron chi connectivity index (χ0n) is 22.5. The van der Waals surface area contributed by atoms with Gasteiger partial charge < -0.3 is 5.32 Å². The maximum Gasteiger partial charge on any atom is 0.283 e. The number of nitrogens with one attached hydrogen (secondary N) is 1. The number of rotatable bonds is 6. The maximum atomic E-state index is 13.2. The minimum absolute atomic E-state index is 0.0633. The van der Waals surface area contributed by atoms with Crippen molar-refractivity contribution < 1.29 is 33.8 Å². The lowest BCUT2D eigenvalue weighted by molar-refractivity contribution is -0.385. The first-order chi connectivity index (χ1) is 21.0. The summed E-state index contributed by atoms with van der Waals surface area (Å²) in [5.74, 6) is -3.84. The molecule has 6 rings (SSSR count). The fraction of sp³-hybridized carbons (Fsp3) is 0.0333. The molecule has 0 radical (unpaired) electrons. The van der Waals surface area contributed by atoms with Crippen LogP contribution in [0.15, 0.2) is 78.9 Å². The van der Waals surface area contributed by atoms with E-state index in [0.717, 1.165) is 21.9 Å². The van der Waals surface area contributed by atoms with E-state index in [1.54, 1.807) is 6.92 Å². The van der Waals surface area contributed by atoms with Gasteiger partial charge in [0, 0.05) is 23.4 Å². The Hall–Kier alpha value is -6.57. The summed E-state index contributed by atoms with van der Waals surface area (Å²) in [6.45, 7) is 1.61. The van der Waals surface area contributed by atoms with Gasteiger partial charge in [-0.1, -0.05) is 18.2 Å². The van der Waals surface area contributed by atoms with Gasteiger partial charge in [-0.3, -0.25) is 44.2 Å². The van der Waals surface area contributed by atoms with Crippen molar-refractivity contribution in [3.05, 3.63) is 132 Å². The lowest BCUT2D eigenvalue weighted by Gasteiger charge is -2.18. The van der Waals surface area contributed by atoms with Gasteiger partial charge >= 0.3 is 0 Å². The molecule has 0 fully saturated rings. The van der Waals surface area contributed by atoms with E-state index < -0.39 is 50.8 Å². The number of carbonyl (C=O) groups is 5. The number of nitrogens with zero attached hydrogens (tertiary/aromatic N) is 4. The Morgan fingerprint density at radius 2 is 1.20 bits per heavy atom. The van der Waals surface area contributed by atoms with Crippen LogP contribution in [0.5, 0.6) is 0 Å². The van der Waals surface area contributed by atoms with Crippen molar-refractivity contribution in [2.24, 2.45) is 0 Å². The molecule has 4 aromatic carbocycles. The Labute approximate surface area is 246 Å². The quantitative estimate of drug-likeness (QED) is 0.189. The molecule has 1 N–H and O–H groups in total. The highest BCUT2D eigenvalue weighted by atomic mass is 16.6. The Morgan fingerprint density at radius 1 is 0.682 bits per heavy atom. The molecule has 0 spiro atoms. The van der Waals surface area contributed by atoms with E-state index in [4.69, 9.17) is 0 Å². The van der Waals surface area contributed by atoms with Gasteiger partial charge in [0.1, 0.15) is 11.1 Å². The molecular formula is C30H17N5O9. The SMILES string of the molecule is Cc1ccc(C(=O)Nc2ccc(N3C(=O)c4cccc([N+](=O)[O-])c4C3=O)cc2)cc1N1C(=O)c2cccc([N+](=O)[O-])c2C1=O. The maximum absolute atomic E-state index is 13.2. The van der Waals surface area contributed by atoms with E-state index in [2.05, 4.69) is 5.32 Å². The minimum atomic E-state index is -0.882. The number of fused-ring (bicyclic) bond motifs is 2. The second-order valence-corrected chi connectivity index (χ2v) is 9.81. The summed E-state index contributed by atoms with van der Waals surface area (Å²) >= 11 is 0. The number of hydrogen-bond acceptors (Lipinski definition) is 9. The normalized spacial score (nSPS) is 13.7. The predicted molar refractivity (Wildman–Crippen MR) is 154 cm³/mol. The van der Waals surface area contributed by atoms with Crippen molar-refractivity contribution in [2.45, 2.75) is 6.92 Å². The summed E-state index contributed by atoms with van der Waals surface area (Å²) in [4.78, 5) is 88.3. The lowest BCUT2D eigenvalue weighted by Crippen LogP contribution is -2.30. The molecule has 14 nitrogen and oxygen atoms in total. The predicted octanol–water partition coefficient (Wildman–Crippen LogP) is 4.66. The summed E-state index contributed by atoms with van der Waals surface area (Å²) < 4.78 is 0. The third kappa shape index (κ3) is 4.16. The Bertz CT molecular complexity index is 2020. The molecule has 0 saturated carbocycles. The molecule has 44 heavy (non-hydrogen) atoms. The van der Waals surface area contributed by atoms with Crippen LogP contribution in [0.4, 0.5) is 28.4 Å². The van der Waals surface area contributed by atoms with Crippen molar-refractivity contribution in [3.63, 3.8) is 0 Å². The molecule has 0 saturated heterocycles. The van der Waals surface area contributed by atoms with E-state index >= 15 is 0 Å². The van der Waals surface area contributed by atoms with E-state index in [9.17, 15) is 44.2 Å². The molecule has 4 aromatic rings. The zero-order valence-corrected chi connectivity index (χ0v) is 22.5. The van der Waals surface area contributed by atoms with Gasteiger partial charge in [-0.25, -0.2) is 9.80 Å². The number of amides is 5. The molecule has 0 atom stereocenters. The van der Waals surface area contributed by atoms with E-state index in [1.165, 1.54) is 66.7 Å². The van der Waals surface area contributed by atoms with Crippen LogP contribution in [-0.2, 0) is 0 Å². The molecule has 2 aliphatic rings. The number of benzene rings is 4. The van der Waals surface area contributed by atoms with Crippen molar-refractivity contribution in [2.75, 3.05) is 15.1 Å². The number of aryl methyl sites for hydroxylation is 1. The van der Waals surface area contributed by atoms with Crippen molar-refractivity contribution in [1.29, 1.82) is 0 Å². The molecule has 5 amide bonds. The van der Waals surface area contributed by atoms with Crippen molar-refractivity contribution >= 4 is 58.0 Å². The molecule has 2 heterocycles. The minimum Gasteiger partial charge on any atom is -0.322 e. The molecule has 0 unspecified atom stereocenters. The van der Waals surface area contributed by atoms with Gasteiger partial charge in [0.2, 0.25) is 0 Å². The first kappa shape index (κ1) is 27.6. The molecular weight excluding hydrogens is 574 g/mol. The average molecular weight is 591 g/mol. The molecule has 14 heteroatoms. The summed E-state index contributed by atoms with van der Waals surface area (Å²) in [7, 11) is 0. The number of imide groups is 2. The van der Waals surface area contributed by atoms with Gasteiger partial charge in [-0.15, -0.1) is 0 Å². The van der Waals surface area contributed by atoms with Crippen LogP contribution < -0.4 is 15.1 Å². The topological polar surface area (TPSA) is 190 Å². The number of anilines is 3. The van der Waals surface area contributed by atoms with Crippen LogP contribution in [0, 0.1) is 27.2 Å². The second-order valence-electron chi connectivity index (χ2n) is 9.81. The number of nitro benzene ring substituents is 2. The van der Waals surface area contributed by atoms with Gasteiger partial charge in [0.15, 0.2) is 0 Å². The summed E-state index contributed by atoms with van der Waals surface area (Å²) in [6.07, 6.45) is 0. The Morgan fingerprint density at radius 3 is 1.75 bits per heavy atom. The summed E-state index contributed by atoms with van der Waals surface area (Å²) in [5.41, 5.74) is -0.837. The number of carbonyl (C=O) groups excluding carboxylic acids is 5. The van der Waals surface area contributed by atoms with Gasteiger partial charge in [-0.2, -0.15) is 0 Å². The first-order valence-corrected chi connectivity index (χ1v) is 12.8. The van der Waals surface area contributed by atoms with E-state index in [-0.39, 0.29) is 44.9 Å². The van der Waals surface area contributed by atoms with Gasteiger partial charge in [-0.05, 0) is 61.0 Å². The monoisotopic (exact) mass is 591 g/mol. The lowest BCUT2D eigenvalue weighted by atomic mass is 10.1. The fourth-order valence-electron chi connectivity index (χ4n) is 5.18. The summed E-state index contributed by atoms with van der Waals surface area (Å²) in [6, 6.07) is 17.5. The first-order valence-electron chi connectivity index (χ1n) is 12.8. The third-order valence-electron chi connectivity index (χ3n) is 7.27. The smallest absolute Gasteiger partial charge is 0.283 e. The number of hydrogen-bond donors (Lipinski definition) is 1. The van der Waals surface area contributed by atoms with Crippen LogP contribution in [0.1, 0.15) is 57.4 Å². The average Bonchev–Trinajstić information content (AvgIpc) is 3.41. The van der Waals surface area contributed by atoms with Gasteiger partial charge in [0.25, 0.3) is 40.9 Å². The van der Waals surface area contributed by atoms with Crippen LogP contribution in [0.2, 0.25) is 0 Å². The standard InChI is InChI=1S/C30H17N5O9/c1-15-8-9-16(14-23(15)33-28(38)20-5-3-7-22(35(43)44)25(20)30(33)40)26(36)31-17-10-12-18(13-11-17)32-27(37)19-4-2-6-21(34(41)42)24(19)29(32)39/h2-14H,1H3,(H,31,36). The largest absolute Gasteiger partial charge is 0.322 e. The third-order valence-corrected chi connectivity index (χ3v) is 7.27. The summed E-state index contributed by atoms with van der Waals surface area (Å²) in [5, 5.41) is 25.5. The second kappa shape index (κ2) is 10.1. The van der Waals surface area contributed by atoms with Crippen molar-refractivity contribution in [1.82, 2.24) is 0 Å². The van der Waals surface area contributed by atoms with E-state index in [1.807, 2.05) is 0 Å². The van der Waals surface area contributed by atoms with Crippen LogP contribution >= 0.6 is 0 Å². The fourth-order valence-corrected chi connectivity index (χ4v) is 5.18. The van der Waals surface area contributed by atoms with E-state index in [0.29, 0.717) is 5.56 Å². The highest BCUT2D eigenvalue weighted by Crippen LogP contribution is 2.36. The molecule has 216 valence electrons. The highest BCUT2D eigenvalue weighted by Gasteiger charge is 2.43. The molecule has 0 bridgehead atoms. The highest BCUT2D eigenvalue weighted by molar-refractivity contribution is 6.36. The van der Waals surface area contributed by atoms with Crippen LogP contribution in [0.25, 0.3) is 0 Å². The Balaban J connectivity index is 1.23. The van der Waals surface area contributed by atoms with Crippen molar-refractivity contribution in [3.8, 4) is 0 Å². The molecule has 2 aliphatic heterocycles. The number of nitro groups is 2. The Kier molecular flexibility index (Phi) is 6.31.